The maximum absolute atomic E-state index is 13.7. The Hall–Kier alpha value is -3.45. The lowest BCUT2D eigenvalue weighted by Gasteiger charge is -2.17. The van der Waals surface area contributed by atoms with Crippen molar-refractivity contribution in [2.24, 2.45) is 0 Å². The average molecular weight is 445 g/mol. The van der Waals surface area contributed by atoms with Gasteiger partial charge in [-0.05, 0) is 67.4 Å². The van der Waals surface area contributed by atoms with Crippen LogP contribution in [0.5, 0.6) is 5.75 Å². The number of nitrogens with one attached hydrogen (secondary N) is 2. The van der Waals surface area contributed by atoms with E-state index in [0.717, 1.165) is 29.3 Å². The van der Waals surface area contributed by atoms with E-state index in [2.05, 4.69) is 5.32 Å². The van der Waals surface area contributed by atoms with Crippen LogP contribution in [0.3, 0.4) is 0 Å². The minimum absolute atomic E-state index is 0.230. The number of hydrogen-bond acceptors (Lipinski definition) is 3. The SMILES string of the molecule is Cc1cc(NC(=O)NC(=O)c2c(F)cccc2F)ccc1OC(C)c1ccc(Cl)cc1. The van der Waals surface area contributed by atoms with Crippen LogP contribution in [0.1, 0.15) is 34.5 Å². The maximum atomic E-state index is 13.7. The number of hydrogen-bond donors (Lipinski definition) is 2. The fourth-order valence-electron chi connectivity index (χ4n) is 2.89. The summed E-state index contributed by atoms with van der Waals surface area (Å²) in [5, 5.41) is 5.00. The number of ether oxygens (including phenoxy) is 1. The molecule has 1 atom stereocenters. The molecule has 0 radical (unpaired) electrons. The summed E-state index contributed by atoms with van der Waals surface area (Å²) in [5.74, 6) is -2.69. The van der Waals surface area contributed by atoms with Crippen LogP contribution >= 0.6 is 11.6 Å². The summed E-state index contributed by atoms with van der Waals surface area (Å²) in [7, 11) is 0. The highest BCUT2D eigenvalue weighted by Gasteiger charge is 2.19. The lowest BCUT2D eigenvalue weighted by Crippen LogP contribution is -2.35. The van der Waals surface area contributed by atoms with Gasteiger partial charge in [-0.15, -0.1) is 0 Å². The standard InChI is InChI=1S/C23H19ClF2N2O3/c1-13-12-17(10-11-20(13)31-14(2)15-6-8-16(24)9-7-15)27-23(30)28-22(29)21-18(25)4-3-5-19(21)26/h3-12,14H,1-2H3,(H2,27,28,29,30). The van der Waals surface area contributed by atoms with E-state index in [-0.39, 0.29) is 6.10 Å². The minimum Gasteiger partial charge on any atom is -0.486 e. The van der Waals surface area contributed by atoms with Crippen LogP contribution < -0.4 is 15.4 Å². The average Bonchev–Trinajstić information content (AvgIpc) is 2.70. The number of halogens is 3. The summed E-state index contributed by atoms with van der Waals surface area (Å²) in [6.45, 7) is 3.70. The van der Waals surface area contributed by atoms with Crippen LogP contribution in [0.15, 0.2) is 60.7 Å². The van der Waals surface area contributed by atoms with Gasteiger partial charge in [0.05, 0.1) is 0 Å². The Morgan fingerprint density at radius 2 is 1.65 bits per heavy atom. The van der Waals surface area contributed by atoms with Gasteiger partial charge in [0.1, 0.15) is 29.1 Å². The van der Waals surface area contributed by atoms with Crippen LogP contribution in [0.2, 0.25) is 5.02 Å². The number of amides is 3. The fourth-order valence-corrected chi connectivity index (χ4v) is 3.02. The van der Waals surface area contributed by atoms with Crippen LogP contribution in [-0.4, -0.2) is 11.9 Å². The van der Waals surface area contributed by atoms with E-state index < -0.39 is 29.1 Å². The molecule has 0 aliphatic carbocycles. The molecule has 0 saturated carbocycles. The largest absolute Gasteiger partial charge is 0.486 e. The Morgan fingerprint density at radius 1 is 1.00 bits per heavy atom. The molecule has 5 nitrogen and oxygen atoms in total. The Labute approximate surface area is 183 Å². The molecule has 3 aromatic carbocycles. The lowest BCUT2D eigenvalue weighted by molar-refractivity contribution is 0.0959. The molecule has 8 heteroatoms. The normalized spacial score (nSPS) is 11.5. The lowest BCUT2D eigenvalue weighted by atomic mass is 10.1. The predicted molar refractivity (Wildman–Crippen MR) is 115 cm³/mol. The van der Waals surface area contributed by atoms with Gasteiger partial charge in [0, 0.05) is 10.7 Å². The zero-order valence-corrected chi connectivity index (χ0v) is 17.5. The Morgan fingerprint density at radius 3 is 2.26 bits per heavy atom. The molecule has 0 saturated heterocycles. The van der Waals surface area contributed by atoms with Crippen molar-refractivity contribution in [2.45, 2.75) is 20.0 Å². The topological polar surface area (TPSA) is 67.4 Å². The van der Waals surface area contributed by atoms with E-state index >= 15 is 0 Å². The number of carbonyl (C=O) groups is 2. The molecular weight excluding hydrogens is 426 g/mol. The van der Waals surface area contributed by atoms with Crippen LogP contribution in [0.25, 0.3) is 0 Å². The molecule has 160 valence electrons. The number of rotatable bonds is 5. The smallest absolute Gasteiger partial charge is 0.326 e. The molecule has 3 rings (SSSR count). The van der Waals surface area contributed by atoms with Crippen molar-refractivity contribution in [2.75, 3.05) is 5.32 Å². The summed E-state index contributed by atoms with van der Waals surface area (Å²) >= 11 is 5.90. The first kappa shape index (κ1) is 22.2. The van der Waals surface area contributed by atoms with Crippen molar-refractivity contribution in [3.05, 3.63) is 94.0 Å². The number of imide groups is 1. The van der Waals surface area contributed by atoms with Crippen molar-refractivity contribution in [3.63, 3.8) is 0 Å². The second kappa shape index (κ2) is 9.57. The van der Waals surface area contributed by atoms with E-state index in [1.54, 1.807) is 37.3 Å². The molecule has 0 bridgehead atoms. The van der Waals surface area contributed by atoms with Gasteiger partial charge >= 0.3 is 6.03 Å². The van der Waals surface area contributed by atoms with Gasteiger partial charge in [-0.1, -0.05) is 29.8 Å². The van der Waals surface area contributed by atoms with Crippen LogP contribution in [0, 0.1) is 18.6 Å². The molecule has 0 heterocycles. The summed E-state index contributed by atoms with van der Waals surface area (Å²) in [6.07, 6.45) is -0.230. The van der Waals surface area contributed by atoms with Gasteiger partial charge in [-0.2, -0.15) is 0 Å². The number of anilines is 1. The van der Waals surface area contributed by atoms with Gasteiger partial charge in [-0.25, -0.2) is 13.6 Å². The van der Waals surface area contributed by atoms with E-state index in [4.69, 9.17) is 16.3 Å². The van der Waals surface area contributed by atoms with Crippen molar-refractivity contribution >= 4 is 29.2 Å². The first-order valence-corrected chi connectivity index (χ1v) is 9.71. The molecule has 3 amide bonds. The van der Waals surface area contributed by atoms with Crippen molar-refractivity contribution in [1.29, 1.82) is 0 Å². The second-order valence-corrected chi connectivity index (χ2v) is 7.23. The molecule has 0 aliphatic heterocycles. The van der Waals surface area contributed by atoms with E-state index in [9.17, 15) is 18.4 Å². The van der Waals surface area contributed by atoms with E-state index in [1.807, 2.05) is 24.4 Å². The van der Waals surface area contributed by atoms with Gasteiger partial charge in [0.15, 0.2) is 0 Å². The van der Waals surface area contributed by atoms with Gasteiger partial charge < -0.3 is 10.1 Å². The number of aryl methyl sites for hydroxylation is 1. The highest BCUT2D eigenvalue weighted by Crippen LogP contribution is 2.28. The molecule has 1 unspecified atom stereocenters. The third kappa shape index (κ3) is 5.58. The number of carbonyl (C=O) groups excluding carboxylic acids is 2. The van der Waals surface area contributed by atoms with Crippen molar-refractivity contribution < 1.29 is 23.1 Å². The Bertz CT molecular complexity index is 1100. The van der Waals surface area contributed by atoms with Gasteiger partial charge in [-0.3, -0.25) is 10.1 Å². The minimum atomic E-state index is -1.18. The summed E-state index contributed by atoms with van der Waals surface area (Å²) in [5.41, 5.74) is 1.24. The number of urea groups is 1. The van der Waals surface area contributed by atoms with Crippen LogP contribution in [0.4, 0.5) is 19.3 Å². The van der Waals surface area contributed by atoms with E-state index in [1.165, 1.54) is 0 Å². The first-order valence-electron chi connectivity index (χ1n) is 9.33. The van der Waals surface area contributed by atoms with Gasteiger partial charge in [0.2, 0.25) is 0 Å². The first-order chi connectivity index (χ1) is 14.7. The second-order valence-electron chi connectivity index (χ2n) is 6.80. The Kier molecular flexibility index (Phi) is 6.87. The quantitative estimate of drug-likeness (QED) is 0.505. The van der Waals surface area contributed by atoms with Crippen molar-refractivity contribution in [3.8, 4) is 5.75 Å². The fraction of sp³-hybridized carbons (Fsp3) is 0.130. The third-order valence-corrected chi connectivity index (χ3v) is 4.74. The highest BCUT2D eigenvalue weighted by atomic mass is 35.5. The molecule has 0 fully saturated rings. The number of benzene rings is 3. The summed E-state index contributed by atoms with van der Waals surface area (Å²) in [4.78, 5) is 24.1. The molecule has 3 aromatic rings. The molecule has 2 N–H and O–H groups in total. The monoisotopic (exact) mass is 444 g/mol. The van der Waals surface area contributed by atoms with Gasteiger partial charge in [0.25, 0.3) is 5.91 Å². The highest BCUT2D eigenvalue weighted by molar-refractivity contribution is 6.30. The van der Waals surface area contributed by atoms with Crippen molar-refractivity contribution in [1.82, 2.24) is 5.32 Å². The maximum Gasteiger partial charge on any atom is 0.326 e. The molecular formula is C23H19ClF2N2O3. The molecule has 0 aliphatic rings. The predicted octanol–water partition coefficient (Wildman–Crippen LogP) is 6.03. The molecule has 0 spiro atoms. The third-order valence-electron chi connectivity index (χ3n) is 4.49. The summed E-state index contributed by atoms with van der Waals surface area (Å²) < 4.78 is 33.3. The zero-order valence-electron chi connectivity index (χ0n) is 16.7. The molecule has 0 aromatic heterocycles. The zero-order chi connectivity index (χ0) is 22.5. The summed E-state index contributed by atoms with van der Waals surface area (Å²) in [6, 6.07) is 14.3. The van der Waals surface area contributed by atoms with E-state index in [0.29, 0.717) is 16.5 Å². The van der Waals surface area contributed by atoms with Crippen LogP contribution in [-0.2, 0) is 0 Å². The Balaban J connectivity index is 1.63. The molecule has 31 heavy (non-hydrogen) atoms.